The monoisotopic (exact) mass is 209 g/mol. The van der Waals surface area contributed by atoms with Crippen LogP contribution in [0.4, 0.5) is 11.5 Å². The first-order valence-electron chi connectivity index (χ1n) is 4.47. The average molecular weight is 209 g/mol. The SMILES string of the molecule is C=CCSCCNc1ccc(N)nc1. The summed E-state index contributed by atoms with van der Waals surface area (Å²) in [5, 5.41) is 3.26. The van der Waals surface area contributed by atoms with Crippen molar-refractivity contribution in [1.82, 2.24) is 4.98 Å². The Morgan fingerprint density at radius 1 is 1.57 bits per heavy atom. The van der Waals surface area contributed by atoms with Crippen molar-refractivity contribution in [1.29, 1.82) is 0 Å². The summed E-state index contributed by atoms with van der Waals surface area (Å²) in [5.74, 6) is 2.62. The van der Waals surface area contributed by atoms with Crippen molar-refractivity contribution in [2.75, 3.05) is 29.1 Å². The first-order valence-corrected chi connectivity index (χ1v) is 5.62. The van der Waals surface area contributed by atoms with Crippen molar-refractivity contribution < 1.29 is 0 Å². The van der Waals surface area contributed by atoms with Crippen LogP contribution in [0.3, 0.4) is 0 Å². The molecular formula is C10H15N3S. The Kier molecular flexibility index (Phi) is 4.93. The van der Waals surface area contributed by atoms with Crippen LogP contribution in [0.1, 0.15) is 0 Å². The number of thioether (sulfide) groups is 1. The zero-order valence-corrected chi connectivity index (χ0v) is 8.89. The van der Waals surface area contributed by atoms with Crippen LogP contribution in [0.5, 0.6) is 0 Å². The molecule has 1 aromatic heterocycles. The minimum Gasteiger partial charge on any atom is -0.384 e. The quantitative estimate of drug-likeness (QED) is 0.556. The maximum atomic E-state index is 5.47. The van der Waals surface area contributed by atoms with E-state index >= 15 is 0 Å². The van der Waals surface area contributed by atoms with Crippen molar-refractivity contribution >= 4 is 23.3 Å². The van der Waals surface area contributed by atoms with E-state index in [2.05, 4.69) is 16.9 Å². The van der Waals surface area contributed by atoms with E-state index in [9.17, 15) is 0 Å². The van der Waals surface area contributed by atoms with Gasteiger partial charge in [-0.2, -0.15) is 11.8 Å². The molecule has 14 heavy (non-hydrogen) atoms. The number of nitrogen functional groups attached to an aromatic ring is 1. The molecule has 0 bridgehead atoms. The van der Waals surface area contributed by atoms with E-state index in [0.717, 1.165) is 23.7 Å². The van der Waals surface area contributed by atoms with Crippen LogP contribution in [0.15, 0.2) is 31.0 Å². The summed E-state index contributed by atoms with van der Waals surface area (Å²) in [7, 11) is 0. The van der Waals surface area contributed by atoms with Gasteiger partial charge in [-0.15, -0.1) is 6.58 Å². The Bertz CT molecular complexity index is 271. The van der Waals surface area contributed by atoms with Crippen molar-refractivity contribution in [3.63, 3.8) is 0 Å². The standard InChI is InChI=1S/C10H15N3S/c1-2-6-14-7-5-12-9-3-4-10(11)13-8-9/h2-4,8,12H,1,5-7H2,(H2,11,13). The van der Waals surface area contributed by atoms with E-state index in [4.69, 9.17) is 5.73 Å². The summed E-state index contributed by atoms with van der Waals surface area (Å²) < 4.78 is 0. The normalized spacial score (nSPS) is 9.71. The van der Waals surface area contributed by atoms with Gasteiger partial charge in [0, 0.05) is 18.1 Å². The van der Waals surface area contributed by atoms with Crippen LogP contribution in [0, 0.1) is 0 Å². The van der Waals surface area contributed by atoms with Crippen LogP contribution in [0.2, 0.25) is 0 Å². The molecule has 0 unspecified atom stereocenters. The first-order chi connectivity index (χ1) is 6.83. The lowest BCUT2D eigenvalue weighted by atomic mass is 10.4. The second kappa shape index (κ2) is 6.32. The van der Waals surface area contributed by atoms with Gasteiger partial charge in [-0.05, 0) is 12.1 Å². The van der Waals surface area contributed by atoms with Crippen molar-refractivity contribution in [2.24, 2.45) is 0 Å². The fourth-order valence-corrected chi connectivity index (χ4v) is 1.52. The molecule has 0 aliphatic rings. The van der Waals surface area contributed by atoms with Crippen molar-refractivity contribution in [3.05, 3.63) is 31.0 Å². The molecule has 1 rings (SSSR count). The van der Waals surface area contributed by atoms with E-state index in [1.807, 2.05) is 23.9 Å². The Morgan fingerprint density at radius 2 is 2.43 bits per heavy atom. The minimum atomic E-state index is 0.552. The van der Waals surface area contributed by atoms with Crippen molar-refractivity contribution in [3.8, 4) is 0 Å². The van der Waals surface area contributed by atoms with E-state index in [-0.39, 0.29) is 0 Å². The first kappa shape index (κ1) is 10.9. The van der Waals surface area contributed by atoms with Crippen LogP contribution in [0.25, 0.3) is 0 Å². The molecule has 0 aromatic carbocycles. The lowest BCUT2D eigenvalue weighted by Crippen LogP contribution is -2.04. The highest BCUT2D eigenvalue weighted by atomic mass is 32.2. The molecule has 0 spiro atoms. The van der Waals surface area contributed by atoms with Crippen LogP contribution in [-0.2, 0) is 0 Å². The Morgan fingerprint density at radius 3 is 3.07 bits per heavy atom. The maximum absolute atomic E-state index is 5.47. The molecule has 0 amide bonds. The smallest absolute Gasteiger partial charge is 0.123 e. The summed E-state index contributed by atoms with van der Waals surface area (Å²) >= 11 is 1.85. The average Bonchev–Trinajstić information content (AvgIpc) is 2.21. The molecule has 4 heteroatoms. The maximum Gasteiger partial charge on any atom is 0.123 e. The van der Waals surface area contributed by atoms with E-state index in [1.54, 1.807) is 12.3 Å². The largest absolute Gasteiger partial charge is 0.384 e. The summed E-state index contributed by atoms with van der Waals surface area (Å²) in [5.41, 5.74) is 6.48. The molecule has 0 aliphatic heterocycles. The molecule has 1 aromatic rings. The lowest BCUT2D eigenvalue weighted by molar-refractivity contribution is 1.21. The van der Waals surface area contributed by atoms with Gasteiger partial charge in [0.2, 0.25) is 0 Å². The number of nitrogens with one attached hydrogen (secondary N) is 1. The molecule has 0 radical (unpaired) electrons. The third-order valence-electron chi connectivity index (χ3n) is 1.60. The summed E-state index contributed by atoms with van der Waals surface area (Å²) in [6.45, 7) is 4.60. The molecule has 3 N–H and O–H groups in total. The molecule has 3 nitrogen and oxygen atoms in total. The number of nitrogens with zero attached hydrogens (tertiary/aromatic N) is 1. The molecule has 0 saturated heterocycles. The van der Waals surface area contributed by atoms with Gasteiger partial charge in [-0.3, -0.25) is 0 Å². The Labute approximate surface area is 88.8 Å². The predicted molar refractivity (Wildman–Crippen MR) is 64.7 cm³/mol. The number of anilines is 2. The van der Waals surface area contributed by atoms with Gasteiger partial charge >= 0.3 is 0 Å². The number of pyridine rings is 1. The predicted octanol–water partition coefficient (Wildman–Crippen LogP) is 1.99. The fourth-order valence-electron chi connectivity index (χ4n) is 0.944. The van der Waals surface area contributed by atoms with Gasteiger partial charge in [0.15, 0.2) is 0 Å². The molecule has 0 atom stereocenters. The van der Waals surface area contributed by atoms with E-state index in [1.165, 1.54) is 0 Å². The fraction of sp³-hybridized carbons (Fsp3) is 0.300. The van der Waals surface area contributed by atoms with Gasteiger partial charge in [0.1, 0.15) is 5.82 Å². The zero-order chi connectivity index (χ0) is 10.2. The summed E-state index contributed by atoms with van der Waals surface area (Å²) in [6.07, 6.45) is 3.66. The highest BCUT2D eigenvalue weighted by Crippen LogP contribution is 2.07. The number of aromatic nitrogens is 1. The second-order valence-corrected chi connectivity index (χ2v) is 3.91. The van der Waals surface area contributed by atoms with Gasteiger partial charge < -0.3 is 11.1 Å². The van der Waals surface area contributed by atoms with Crippen molar-refractivity contribution in [2.45, 2.75) is 0 Å². The van der Waals surface area contributed by atoms with E-state index in [0.29, 0.717) is 5.82 Å². The lowest BCUT2D eigenvalue weighted by Gasteiger charge is -2.04. The molecule has 0 aliphatic carbocycles. The number of nitrogens with two attached hydrogens (primary N) is 1. The minimum absolute atomic E-state index is 0.552. The molecule has 1 heterocycles. The Balaban J connectivity index is 2.18. The zero-order valence-electron chi connectivity index (χ0n) is 8.07. The van der Waals surface area contributed by atoms with Crippen LogP contribution < -0.4 is 11.1 Å². The van der Waals surface area contributed by atoms with E-state index < -0.39 is 0 Å². The van der Waals surface area contributed by atoms with Gasteiger partial charge in [-0.1, -0.05) is 6.08 Å². The summed E-state index contributed by atoms with van der Waals surface area (Å²) in [6, 6.07) is 3.72. The molecule has 76 valence electrons. The Hall–Kier alpha value is -1.16. The number of hydrogen-bond acceptors (Lipinski definition) is 4. The van der Waals surface area contributed by atoms with Gasteiger partial charge in [0.25, 0.3) is 0 Å². The van der Waals surface area contributed by atoms with Crippen LogP contribution >= 0.6 is 11.8 Å². The highest BCUT2D eigenvalue weighted by Gasteiger charge is 1.91. The van der Waals surface area contributed by atoms with Gasteiger partial charge in [-0.25, -0.2) is 4.98 Å². The number of hydrogen-bond donors (Lipinski definition) is 2. The topological polar surface area (TPSA) is 50.9 Å². The number of rotatable bonds is 6. The van der Waals surface area contributed by atoms with Crippen LogP contribution in [-0.4, -0.2) is 23.0 Å². The highest BCUT2D eigenvalue weighted by molar-refractivity contribution is 7.99. The summed E-state index contributed by atoms with van der Waals surface area (Å²) in [4.78, 5) is 3.99. The molecule has 0 fully saturated rings. The second-order valence-electron chi connectivity index (χ2n) is 2.76. The molecular weight excluding hydrogens is 194 g/mol. The molecule has 0 saturated carbocycles. The van der Waals surface area contributed by atoms with Gasteiger partial charge in [0.05, 0.1) is 11.9 Å². The third-order valence-corrected chi connectivity index (χ3v) is 2.56. The third kappa shape index (κ3) is 4.18.